The van der Waals surface area contributed by atoms with Gasteiger partial charge in [0, 0.05) is 19.5 Å². The fourth-order valence-corrected chi connectivity index (χ4v) is 1.95. The van der Waals surface area contributed by atoms with Gasteiger partial charge in [0.25, 0.3) is 0 Å². The summed E-state index contributed by atoms with van der Waals surface area (Å²) in [5.74, 6) is 0.978. The lowest BCUT2D eigenvalue weighted by Crippen LogP contribution is -2.24. The van der Waals surface area contributed by atoms with Crippen LogP contribution in [0.1, 0.15) is 38.4 Å². The molecule has 0 N–H and O–H groups in total. The first-order valence-corrected chi connectivity index (χ1v) is 5.49. The second-order valence-corrected chi connectivity index (χ2v) is 3.88. The molecule has 1 aliphatic heterocycles. The Balaban J connectivity index is 2.08. The second kappa shape index (κ2) is 3.98. The molecule has 0 aromatic carbocycles. The highest BCUT2D eigenvalue weighted by molar-refractivity contribution is 4.93. The first kappa shape index (κ1) is 9.49. The average Bonchev–Trinajstić information content (AvgIpc) is 2.72. The van der Waals surface area contributed by atoms with Crippen LogP contribution in [0.3, 0.4) is 0 Å². The number of aromatic nitrogens is 3. The minimum absolute atomic E-state index is 0.0913. The summed E-state index contributed by atoms with van der Waals surface area (Å²) in [6.45, 7) is 3.81. The zero-order chi connectivity index (χ0) is 9.97. The summed E-state index contributed by atoms with van der Waals surface area (Å²) < 4.78 is 3.44. The summed E-state index contributed by atoms with van der Waals surface area (Å²) in [5, 5.41) is 4.33. The van der Waals surface area contributed by atoms with Crippen molar-refractivity contribution in [2.24, 2.45) is 0 Å². The molecule has 2 heterocycles. The molecule has 0 radical (unpaired) electrons. The van der Waals surface area contributed by atoms with Crippen LogP contribution in [0.4, 0.5) is 0 Å². The number of rotatable bonds is 4. The van der Waals surface area contributed by atoms with Gasteiger partial charge in [-0.1, -0.05) is 19.8 Å². The van der Waals surface area contributed by atoms with E-state index in [0.717, 1.165) is 38.2 Å². The van der Waals surface area contributed by atoms with Crippen molar-refractivity contribution in [1.82, 2.24) is 14.3 Å². The average molecular weight is 195 g/mol. The van der Waals surface area contributed by atoms with Gasteiger partial charge in [-0.05, 0) is 12.8 Å². The lowest BCUT2D eigenvalue weighted by Gasteiger charge is -1.98. The number of hydrogen-bond acceptors (Lipinski definition) is 2. The molecule has 14 heavy (non-hydrogen) atoms. The summed E-state index contributed by atoms with van der Waals surface area (Å²) in [4.78, 5) is 11.7. The van der Waals surface area contributed by atoms with Gasteiger partial charge in [0.15, 0.2) is 0 Å². The smallest absolute Gasteiger partial charge is 0.279 e. The van der Waals surface area contributed by atoms with E-state index in [-0.39, 0.29) is 5.69 Å². The Labute approximate surface area is 83.5 Å². The van der Waals surface area contributed by atoms with Gasteiger partial charge in [0.2, 0.25) is 0 Å². The third-order valence-electron chi connectivity index (χ3n) is 2.75. The maximum Gasteiger partial charge on any atom is 0.345 e. The first-order chi connectivity index (χ1) is 6.83. The molecule has 0 amide bonds. The summed E-state index contributed by atoms with van der Waals surface area (Å²) in [5.41, 5.74) is 0.0913. The highest BCUT2D eigenvalue weighted by atomic mass is 16.2. The van der Waals surface area contributed by atoms with Crippen molar-refractivity contribution in [2.75, 3.05) is 0 Å². The number of nitrogens with zero attached hydrogens (tertiary/aromatic N) is 3. The number of aryl methyl sites for hydroxylation is 2. The van der Waals surface area contributed by atoms with Gasteiger partial charge in [0.05, 0.1) is 0 Å². The Morgan fingerprint density at radius 2 is 2.29 bits per heavy atom. The minimum Gasteiger partial charge on any atom is -0.279 e. The number of unbranched alkanes of at least 4 members (excludes halogenated alkanes) is 2. The Morgan fingerprint density at radius 3 is 3.00 bits per heavy atom. The van der Waals surface area contributed by atoms with E-state index >= 15 is 0 Å². The zero-order valence-electron chi connectivity index (χ0n) is 8.70. The van der Waals surface area contributed by atoms with Crippen LogP contribution >= 0.6 is 0 Å². The highest BCUT2D eigenvalue weighted by Crippen LogP contribution is 2.08. The molecule has 2 rings (SSSR count). The molecule has 0 aliphatic carbocycles. The Morgan fingerprint density at radius 1 is 1.43 bits per heavy atom. The van der Waals surface area contributed by atoms with E-state index in [9.17, 15) is 4.79 Å². The zero-order valence-corrected chi connectivity index (χ0v) is 8.70. The SMILES string of the molecule is CCCCCn1nc2n(c1=O)CCC2. The molecule has 0 atom stereocenters. The van der Waals surface area contributed by atoms with Gasteiger partial charge >= 0.3 is 5.69 Å². The Bertz CT molecular complexity index is 364. The van der Waals surface area contributed by atoms with Crippen molar-refractivity contribution in [1.29, 1.82) is 0 Å². The molecule has 0 saturated carbocycles. The van der Waals surface area contributed by atoms with Crippen LogP contribution in [0.5, 0.6) is 0 Å². The summed E-state index contributed by atoms with van der Waals surface area (Å²) >= 11 is 0. The maximum atomic E-state index is 11.7. The number of hydrogen-bond donors (Lipinski definition) is 0. The maximum absolute atomic E-state index is 11.7. The lowest BCUT2D eigenvalue weighted by atomic mass is 10.2. The third-order valence-corrected chi connectivity index (χ3v) is 2.75. The Kier molecular flexibility index (Phi) is 2.70. The molecule has 1 aromatic heterocycles. The van der Waals surface area contributed by atoms with Crippen LogP contribution in [-0.4, -0.2) is 14.3 Å². The molecule has 0 spiro atoms. The van der Waals surface area contributed by atoms with Crippen LogP contribution in [-0.2, 0) is 19.5 Å². The molecular weight excluding hydrogens is 178 g/mol. The van der Waals surface area contributed by atoms with E-state index < -0.39 is 0 Å². The van der Waals surface area contributed by atoms with Crippen molar-refractivity contribution in [3.05, 3.63) is 16.3 Å². The Hall–Kier alpha value is -1.06. The molecular formula is C10H17N3O. The van der Waals surface area contributed by atoms with Crippen LogP contribution in [0, 0.1) is 0 Å². The largest absolute Gasteiger partial charge is 0.345 e. The topological polar surface area (TPSA) is 39.8 Å². The predicted molar refractivity (Wildman–Crippen MR) is 54.3 cm³/mol. The quantitative estimate of drug-likeness (QED) is 0.677. The highest BCUT2D eigenvalue weighted by Gasteiger charge is 2.17. The van der Waals surface area contributed by atoms with Crippen LogP contribution in [0.15, 0.2) is 4.79 Å². The van der Waals surface area contributed by atoms with E-state index in [4.69, 9.17) is 0 Å². The molecule has 4 heteroatoms. The van der Waals surface area contributed by atoms with Gasteiger partial charge < -0.3 is 0 Å². The fraction of sp³-hybridized carbons (Fsp3) is 0.800. The molecule has 1 aliphatic rings. The number of fused-ring (bicyclic) bond motifs is 1. The van der Waals surface area contributed by atoms with E-state index in [1.165, 1.54) is 12.8 Å². The standard InChI is InChI=1S/C10H17N3O/c1-2-3-4-8-13-10(14)12-7-5-6-9(12)11-13/h2-8H2,1H3. The lowest BCUT2D eigenvalue weighted by molar-refractivity contribution is 0.521. The summed E-state index contributed by atoms with van der Waals surface area (Å²) in [6.07, 6.45) is 5.47. The first-order valence-electron chi connectivity index (χ1n) is 5.49. The van der Waals surface area contributed by atoms with Gasteiger partial charge in [-0.3, -0.25) is 4.57 Å². The molecule has 0 bridgehead atoms. The van der Waals surface area contributed by atoms with E-state index in [1.807, 2.05) is 4.57 Å². The molecule has 78 valence electrons. The summed E-state index contributed by atoms with van der Waals surface area (Å²) in [6, 6.07) is 0. The van der Waals surface area contributed by atoms with Crippen molar-refractivity contribution in [3.63, 3.8) is 0 Å². The van der Waals surface area contributed by atoms with E-state index in [2.05, 4.69) is 12.0 Å². The van der Waals surface area contributed by atoms with Crippen molar-refractivity contribution < 1.29 is 0 Å². The van der Waals surface area contributed by atoms with Crippen LogP contribution < -0.4 is 5.69 Å². The molecule has 0 saturated heterocycles. The second-order valence-electron chi connectivity index (χ2n) is 3.88. The molecule has 4 nitrogen and oxygen atoms in total. The third kappa shape index (κ3) is 1.61. The normalized spacial score (nSPS) is 14.6. The van der Waals surface area contributed by atoms with E-state index in [1.54, 1.807) is 4.68 Å². The van der Waals surface area contributed by atoms with Crippen molar-refractivity contribution in [2.45, 2.75) is 52.1 Å². The minimum atomic E-state index is 0.0913. The van der Waals surface area contributed by atoms with Crippen LogP contribution in [0.2, 0.25) is 0 Å². The van der Waals surface area contributed by atoms with Crippen LogP contribution in [0.25, 0.3) is 0 Å². The van der Waals surface area contributed by atoms with Gasteiger partial charge in [-0.25, -0.2) is 9.48 Å². The van der Waals surface area contributed by atoms with Gasteiger partial charge in [0.1, 0.15) is 5.82 Å². The van der Waals surface area contributed by atoms with Crippen molar-refractivity contribution >= 4 is 0 Å². The molecule has 0 fully saturated rings. The van der Waals surface area contributed by atoms with Gasteiger partial charge in [-0.15, -0.1) is 0 Å². The monoisotopic (exact) mass is 195 g/mol. The van der Waals surface area contributed by atoms with Crippen molar-refractivity contribution in [3.8, 4) is 0 Å². The van der Waals surface area contributed by atoms with E-state index in [0.29, 0.717) is 0 Å². The summed E-state index contributed by atoms with van der Waals surface area (Å²) in [7, 11) is 0. The molecule has 1 aromatic rings. The molecule has 0 unspecified atom stereocenters. The van der Waals surface area contributed by atoms with Gasteiger partial charge in [-0.2, -0.15) is 5.10 Å². The fourth-order valence-electron chi connectivity index (χ4n) is 1.95. The predicted octanol–water partition coefficient (Wildman–Crippen LogP) is 1.18.